The molecule has 15 heteroatoms. The van der Waals surface area contributed by atoms with Crippen LogP contribution in [0.5, 0.6) is 17.4 Å². The number of aromatic hydroxyl groups is 1. The highest BCUT2D eigenvalue weighted by molar-refractivity contribution is 7.13. The molecule has 4 aromatic carbocycles. The van der Waals surface area contributed by atoms with E-state index < -0.39 is 5.54 Å². The van der Waals surface area contributed by atoms with Gasteiger partial charge in [-0.1, -0.05) is 85.8 Å². The molecule has 3 amide bonds. The molecule has 0 bridgehead atoms. The number of hydrogen-bond acceptors (Lipinski definition) is 12. The number of amides is 3. The predicted molar refractivity (Wildman–Crippen MR) is 266 cm³/mol. The van der Waals surface area contributed by atoms with Crippen molar-refractivity contribution in [3.8, 4) is 27.8 Å². The van der Waals surface area contributed by atoms with Crippen LogP contribution < -0.4 is 14.8 Å². The summed E-state index contributed by atoms with van der Waals surface area (Å²) in [5, 5.41) is 16.9. The van der Waals surface area contributed by atoms with Gasteiger partial charge in [-0.3, -0.25) is 14.4 Å². The van der Waals surface area contributed by atoms with E-state index in [0.29, 0.717) is 62.9 Å². The van der Waals surface area contributed by atoms with Gasteiger partial charge in [0, 0.05) is 32.7 Å². The van der Waals surface area contributed by atoms with Crippen molar-refractivity contribution in [2.45, 2.75) is 70.9 Å². The zero-order chi connectivity index (χ0) is 48.3. The number of carbonyl (C=O) groups excluding carboxylic acids is 3. The van der Waals surface area contributed by atoms with Crippen molar-refractivity contribution in [1.29, 1.82) is 0 Å². The first-order chi connectivity index (χ1) is 33.5. The molecule has 0 spiro atoms. The van der Waals surface area contributed by atoms with Crippen LogP contribution in [0.4, 0.5) is 0 Å². The van der Waals surface area contributed by atoms with E-state index in [-0.39, 0.29) is 55.0 Å². The van der Waals surface area contributed by atoms with Gasteiger partial charge in [0.15, 0.2) is 5.54 Å². The van der Waals surface area contributed by atoms with Crippen molar-refractivity contribution in [2.24, 2.45) is 4.99 Å². The number of nitrogens with zero attached hydrogens (tertiary/aromatic N) is 5. The number of benzene rings is 4. The van der Waals surface area contributed by atoms with Gasteiger partial charge in [0.2, 0.25) is 11.8 Å². The number of aryl methyl sites for hydroxylation is 1. The number of aromatic nitrogens is 2. The minimum Gasteiger partial charge on any atom is -0.508 e. The highest BCUT2D eigenvalue weighted by atomic mass is 32.1. The lowest BCUT2D eigenvalue weighted by Crippen LogP contribution is -2.46. The van der Waals surface area contributed by atoms with Crippen molar-refractivity contribution in [3.63, 3.8) is 0 Å². The summed E-state index contributed by atoms with van der Waals surface area (Å²) in [6, 6.07) is 34.7. The molecule has 1 fully saturated rings. The van der Waals surface area contributed by atoms with E-state index in [9.17, 15) is 19.5 Å². The van der Waals surface area contributed by atoms with E-state index in [4.69, 9.17) is 23.7 Å². The molecular weight excluding hydrogens is 893 g/mol. The minimum absolute atomic E-state index is 0.000904. The maximum atomic E-state index is 13.5. The number of carbonyl (C=O) groups is 3. The summed E-state index contributed by atoms with van der Waals surface area (Å²) in [5.74, 6) is 1.66. The minimum atomic E-state index is -1.11. The number of ether oxygens (including phenoxy) is 3. The van der Waals surface area contributed by atoms with Crippen LogP contribution in [0.2, 0.25) is 0 Å². The molecule has 0 aliphatic carbocycles. The molecule has 8 rings (SSSR count). The third-order valence-electron chi connectivity index (χ3n) is 12.6. The summed E-state index contributed by atoms with van der Waals surface area (Å²) in [6.07, 6.45) is 3.17. The number of rotatable bonds is 21. The number of aliphatic imine (C=N–C) groups is 1. The fourth-order valence-corrected chi connectivity index (χ4v) is 9.57. The smallest absolute Gasteiger partial charge is 0.257 e. The van der Waals surface area contributed by atoms with Crippen molar-refractivity contribution < 1.29 is 38.2 Å². The van der Waals surface area contributed by atoms with Crippen molar-refractivity contribution in [3.05, 3.63) is 148 Å². The molecule has 0 radical (unpaired) electrons. The first kappa shape index (κ1) is 48.4. The molecule has 69 heavy (non-hydrogen) atoms. The third-order valence-corrected chi connectivity index (χ3v) is 13.6. The Balaban J connectivity index is 0.726. The van der Waals surface area contributed by atoms with E-state index in [1.165, 1.54) is 5.57 Å². The van der Waals surface area contributed by atoms with E-state index >= 15 is 0 Å². The monoisotopic (exact) mass is 950 g/mol. The second-order valence-electron chi connectivity index (χ2n) is 17.3. The largest absolute Gasteiger partial charge is 0.508 e. The number of hydrogen-bond donors (Lipinski definition) is 2. The van der Waals surface area contributed by atoms with Gasteiger partial charge in [-0.2, -0.15) is 0 Å². The number of phenols is 1. The van der Waals surface area contributed by atoms with Crippen LogP contribution in [-0.2, 0) is 31.1 Å². The van der Waals surface area contributed by atoms with Crippen LogP contribution in [0.1, 0.15) is 79.7 Å². The maximum absolute atomic E-state index is 13.5. The molecule has 14 nitrogen and oxygen atoms in total. The molecule has 2 aliphatic rings. The van der Waals surface area contributed by atoms with Gasteiger partial charge in [-0.15, -0.1) is 11.3 Å². The van der Waals surface area contributed by atoms with E-state index in [1.807, 2.05) is 91.3 Å². The summed E-state index contributed by atoms with van der Waals surface area (Å²) in [7, 11) is 1.77. The van der Waals surface area contributed by atoms with Crippen molar-refractivity contribution in [1.82, 2.24) is 25.3 Å². The molecule has 4 heterocycles. The fourth-order valence-electron chi connectivity index (χ4n) is 8.76. The van der Waals surface area contributed by atoms with Crippen LogP contribution in [0.25, 0.3) is 21.6 Å². The number of nitrogens with one attached hydrogen (secondary N) is 1. The third kappa shape index (κ3) is 11.6. The first-order valence-corrected chi connectivity index (χ1v) is 24.3. The van der Waals surface area contributed by atoms with Gasteiger partial charge in [0.05, 0.1) is 41.7 Å². The lowest BCUT2D eigenvalue weighted by atomic mass is 9.88. The Morgan fingerprint density at radius 1 is 0.928 bits per heavy atom. The number of allylic oxidation sites excluding steroid dienone is 1. The Kier molecular flexibility index (Phi) is 15.7. The van der Waals surface area contributed by atoms with Gasteiger partial charge in [-0.25, -0.2) is 9.98 Å². The normalized spacial score (nSPS) is 17.0. The Morgan fingerprint density at radius 3 is 2.38 bits per heavy atom. The van der Waals surface area contributed by atoms with E-state index in [0.717, 1.165) is 56.8 Å². The summed E-state index contributed by atoms with van der Waals surface area (Å²) in [5.41, 5.74) is 8.99. The average molecular weight is 951 g/mol. The highest BCUT2D eigenvalue weighted by Crippen LogP contribution is 2.37. The lowest BCUT2D eigenvalue weighted by molar-refractivity contribution is -0.131. The zero-order valence-electron chi connectivity index (χ0n) is 39.5. The molecule has 6 aromatic rings. The van der Waals surface area contributed by atoms with Crippen molar-refractivity contribution >= 4 is 46.0 Å². The number of likely N-dealkylation sites (N-methyl/N-ethyl adjacent to an activating group) is 1. The highest BCUT2D eigenvalue weighted by Gasteiger charge is 2.45. The number of phenolic OH excluding ortho intramolecular Hbond substituents is 1. The topological polar surface area (TPSA) is 169 Å². The van der Waals surface area contributed by atoms with Gasteiger partial charge in [0.1, 0.15) is 36.3 Å². The lowest BCUT2D eigenvalue weighted by Gasteiger charge is -2.24. The van der Waals surface area contributed by atoms with E-state index in [2.05, 4.69) is 34.5 Å². The molecular formula is C54H58N6O8S. The molecule has 1 saturated heterocycles. The number of thiazole rings is 1. The van der Waals surface area contributed by atoms with Crippen LogP contribution in [-0.4, -0.2) is 101 Å². The average Bonchev–Trinajstić information content (AvgIpc) is 4.19. The first-order valence-electron chi connectivity index (χ1n) is 23.4. The Morgan fingerprint density at radius 2 is 1.67 bits per heavy atom. The van der Waals surface area contributed by atoms with Gasteiger partial charge < -0.3 is 39.0 Å². The SMILES string of the molecule is CC/C(=C(/c1ccc(O)cc1)c1ccc(OCCN(C)C(=O)CCCOCCOc2cc(CC(=O)N3CCC[C@H]3C3=N[C@](C)(c4ccc(-c5scnc5C)cc4)C(=O)N3)on2)cc1)c1ccccc1. The Labute approximate surface area is 406 Å². The predicted octanol–water partition coefficient (Wildman–Crippen LogP) is 8.87. The Hall–Kier alpha value is -7.10. The Bertz CT molecular complexity index is 2770. The zero-order valence-corrected chi connectivity index (χ0v) is 40.3. The fraction of sp³-hybridized carbons (Fsp3) is 0.333. The summed E-state index contributed by atoms with van der Waals surface area (Å²) in [4.78, 5) is 53.5. The standard InChI is InChI=1S/C54H58N6O8S/c1-5-45(37-11-7-6-8-12-37)50(38-17-23-42(61)24-18-38)39-19-25-43(26-20-39)66-30-28-59(4)48(62)14-10-29-65-31-32-67-47-33-44(68-58-47)34-49(63)60-27-9-13-46(60)52-56-53(64)54(3,57-52)41-21-15-40(16-22-41)51-36(2)55-35-69-51/h6-8,11-12,15-26,33,35,46,61H,5,9-10,13-14,27-32,34H2,1-4H3,(H,56,57,64)/b50-45+/t46-,54+/m0/s1. The van der Waals surface area contributed by atoms with Gasteiger partial charge in [-0.05, 0) is 108 Å². The molecule has 2 aromatic heterocycles. The van der Waals surface area contributed by atoms with Crippen LogP contribution in [0.15, 0.2) is 124 Å². The molecule has 0 unspecified atom stereocenters. The van der Waals surface area contributed by atoms with Crippen LogP contribution in [0.3, 0.4) is 0 Å². The molecule has 358 valence electrons. The molecule has 2 N–H and O–H groups in total. The molecule has 0 saturated carbocycles. The van der Waals surface area contributed by atoms with Gasteiger partial charge in [0.25, 0.3) is 11.8 Å². The van der Waals surface area contributed by atoms with Crippen molar-refractivity contribution in [2.75, 3.05) is 46.6 Å². The molecule has 2 aliphatic heterocycles. The van der Waals surface area contributed by atoms with Crippen LogP contribution in [0, 0.1) is 6.92 Å². The quantitative estimate of drug-likeness (QED) is 0.0525. The second-order valence-corrected chi connectivity index (χ2v) is 18.1. The maximum Gasteiger partial charge on any atom is 0.257 e. The van der Waals surface area contributed by atoms with E-state index in [1.54, 1.807) is 53.3 Å². The second kappa shape index (κ2) is 22.3. The van der Waals surface area contributed by atoms with Crippen LogP contribution >= 0.6 is 11.3 Å². The number of likely N-dealkylation sites (tertiary alicyclic amines) is 1. The summed E-state index contributed by atoms with van der Waals surface area (Å²) < 4.78 is 22.9. The number of amidine groups is 1. The molecule has 2 atom stereocenters. The summed E-state index contributed by atoms with van der Waals surface area (Å²) >= 11 is 1.58. The summed E-state index contributed by atoms with van der Waals surface area (Å²) in [6.45, 7) is 8.13. The van der Waals surface area contributed by atoms with Gasteiger partial charge >= 0.3 is 0 Å².